The van der Waals surface area contributed by atoms with Crippen molar-refractivity contribution in [3.8, 4) is 5.75 Å². The summed E-state index contributed by atoms with van der Waals surface area (Å²) in [6.45, 7) is 4.34. The maximum atomic E-state index is 13.3. The maximum absolute atomic E-state index is 13.3. The number of halogens is 2. The van der Waals surface area contributed by atoms with E-state index in [1.165, 1.54) is 35.4 Å². The fourth-order valence-corrected chi connectivity index (χ4v) is 4.41. The number of nitrogens with zero attached hydrogens (tertiary/aromatic N) is 4. The van der Waals surface area contributed by atoms with Crippen LogP contribution in [0.4, 0.5) is 9.18 Å². The minimum atomic E-state index is -0.796. The summed E-state index contributed by atoms with van der Waals surface area (Å²) in [6.07, 6.45) is 0.832. The second-order valence-corrected chi connectivity index (χ2v) is 9.05. The zero-order valence-corrected chi connectivity index (χ0v) is 19.8. The van der Waals surface area contributed by atoms with Crippen molar-refractivity contribution in [2.24, 2.45) is 0 Å². The molecule has 0 saturated carbocycles. The van der Waals surface area contributed by atoms with Crippen molar-refractivity contribution in [1.29, 1.82) is 0 Å². The van der Waals surface area contributed by atoms with Gasteiger partial charge in [-0.2, -0.15) is 10.2 Å². The van der Waals surface area contributed by atoms with E-state index in [9.17, 15) is 14.0 Å². The summed E-state index contributed by atoms with van der Waals surface area (Å²) in [5.74, 6) is -0.598. The Morgan fingerprint density at radius 1 is 1.18 bits per heavy atom. The fraction of sp³-hybridized carbons (Fsp3) is 0.280. The molecule has 34 heavy (non-hydrogen) atoms. The van der Waals surface area contributed by atoms with Gasteiger partial charge < -0.3 is 14.5 Å². The first kappa shape index (κ1) is 23.6. The van der Waals surface area contributed by atoms with Crippen LogP contribution in [0.25, 0.3) is 0 Å². The molecule has 1 saturated heterocycles. The molecule has 4 rings (SSSR count). The number of hydrogen-bond acceptors (Lipinski definition) is 5. The van der Waals surface area contributed by atoms with Crippen LogP contribution in [0, 0.1) is 12.7 Å². The predicted molar refractivity (Wildman–Crippen MR) is 125 cm³/mol. The number of amides is 2. The van der Waals surface area contributed by atoms with Crippen LogP contribution in [0.15, 0.2) is 60.8 Å². The van der Waals surface area contributed by atoms with E-state index in [1.807, 2.05) is 19.1 Å². The summed E-state index contributed by atoms with van der Waals surface area (Å²) in [5, 5.41) is 8.41. The van der Waals surface area contributed by atoms with Gasteiger partial charge in [0.1, 0.15) is 11.6 Å². The molecule has 3 aromatic rings. The van der Waals surface area contributed by atoms with Crippen LogP contribution in [0.3, 0.4) is 0 Å². The second-order valence-electron chi connectivity index (χ2n) is 8.61. The van der Waals surface area contributed by atoms with Crippen LogP contribution < -0.4 is 4.74 Å². The molecule has 0 radical (unpaired) electrons. The molecule has 1 aliphatic heterocycles. The minimum Gasteiger partial charge on any atom is -0.410 e. The van der Waals surface area contributed by atoms with E-state index < -0.39 is 17.4 Å². The molecule has 0 unspecified atom stereocenters. The van der Waals surface area contributed by atoms with E-state index in [4.69, 9.17) is 16.3 Å². The van der Waals surface area contributed by atoms with Gasteiger partial charge in [-0.15, -0.1) is 0 Å². The fourth-order valence-electron chi connectivity index (χ4n) is 4.29. The molecule has 0 bridgehead atoms. The number of likely N-dealkylation sites (tertiary alicyclic amines) is 1. The van der Waals surface area contributed by atoms with Crippen LogP contribution in [-0.2, 0) is 0 Å². The number of rotatable bonds is 4. The molecule has 2 aromatic carbocycles. The Balaban J connectivity index is 1.64. The Morgan fingerprint density at radius 2 is 1.85 bits per heavy atom. The van der Waals surface area contributed by atoms with Crippen molar-refractivity contribution in [3.05, 3.63) is 88.5 Å². The highest BCUT2D eigenvalue weighted by Crippen LogP contribution is 2.41. The van der Waals surface area contributed by atoms with Crippen molar-refractivity contribution < 1.29 is 18.7 Å². The summed E-state index contributed by atoms with van der Waals surface area (Å²) < 4.78 is 18.7. The summed E-state index contributed by atoms with van der Waals surface area (Å²) in [7, 11) is 1.64. The zero-order valence-electron chi connectivity index (χ0n) is 19.0. The molecule has 7 nitrogen and oxygen atoms in total. The van der Waals surface area contributed by atoms with Gasteiger partial charge in [0.25, 0.3) is 5.91 Å². The lowest BCUT2D eigenvalue weighted by atomic mass is 9.82. The van der Waals surface area contributed by atoms with E-state index >= 15 is 0 Å². The number of benzene rings is 2. The first-order chi connectivity index (χ1) is 16.2. The molecule has 1 aliphatic rings. The molecule has 2 atom stereocenters. The van der Waals surface area contributed by atoms with Gasteiger partial charge in [0.05, 0.1) is 23.0 Å². The van der Waals surface area contributed by atoms with E-state index in [1.54, 1.807) is 37.1 Å². The Kier molecular flexibility index (Phi) is 6.52. The number of aromatic nitrogens is 2. The van der Waals surface area contributed by atoms with Crippen molar-refractivity contribution >= 4 is 23.6 Å². The van der Waals surface area contributed by atoms with Gasteiger partial charge in [0, 0.05) is 31.1 Å². The number of likely N-dealkylation sites (N-methyl/N-ethyl adjacent to an activating group) is 1. The normalized spacial score (nSPS) is 19.7. The van der Waals surface area contributed by atoms with E-state index in [0.717, 1.165) is 5.56 Å². The molecule has 0 aliphatic carbocycles. The van der Waals surface area contributed by atoms with Gasteiger partial charge in [-0.1, -0.05) is 23.7 Å². The monoisotopic (exact) mass is 482 g/mol. The SMILES string of the molecule is Cc1cc(C(=O)N2C[C@H](c3ccc(Cl)cc3)[C@@](C)(N(C)C(=O)Oc3ccc(F)cc3)C2)cnn1. The van der Waals surface area contributed by atoms with E-state index in [0.29, 0.717) is 22.8 Å². The highest BCUT2D eigenvalue weighted by atomic mass is 35.5. The number of carbonyl (C=O) groups is 2. The van der Waals surface area contributed by atoms with Crippen LogP contribution in [0.5, 0.6) is 5.75 Å². The largest absolute Gasteiger partial charge is 0.415 e. The lowest BCUT2D eigenvalue weighted by Crippen LogP contribution is -2.53. The average molecular weight is 483 g/mol. The van der Waals surface area contributed by atoms with Gasteiger partial charge >= 0.3 is 6.09 Å². The molecular weight excluding hydrogens is 459 g/mol. The van der Waals surface area contributed by atoms with Crippen molar-refractivity contribution in [2.45, 2.75) is 25.3 Å². The molecule has 0 N–H and O–H groups in total. The van der Waals surface area contributed by atoms with Crippen molar-refractivity contribution in [2.75, 3.05) is 20.1 Å². The average Bonchev–Trinajstić information content (AvgIpc) is 3.18. The van der Waals surface area contributed by atoms with Gasteiger partial charge in [-0.3, -0.25) is 4.79 Å². The maximum Gasteiger partial charge on any atom is 0.415 e. The van der Waals surface area contributed by atoms with Crippen molar-refractivity contribution in [3.63, 3.8) is 0 Å². The van der Waals surface area contributed by atoms with Crippen LogP contribution >= 0.6 is 11.6 Å². The summed E-state index contributed by atoms with van der Waals surface area (Å²) in [5.41, 5.74) is 1.22. The molecule has 9 heteroatoms. The Labute approximate surface area is 202 Å². The third kappa shape index (κ3) is 4.72. The van der Waals surface area contributed by atoms with E-state index in [-0.39, 0.29) is 24.1 Å². The molecule has 1 aromatic heterocycles. The number of ether oxygens (including phenoxy) is 1. The van der Waals surface area contributed by atoms with Crippen molar-refractivity contribution in [1.82, 2.24) is 20.0 Å². The summed E-state index contributed by atoms with van der Waals surface area (Å²) in [4.78, 5) is 29.6. The van der Waals surface area contributed by atoms with Gasteiger partial charge in [-0.05, 0) is 61.9 Å². The zero-order chi connectivity index (χ0) is 24.5. The topological polar surface area (TPSA) is 75.6 Å². The standard InChI is InChI=1S/C25H24ClFN4O3/c1-16-12-18(13-28-29-16)23(32)31-14-22(17-4-6-19(26)7-5-17)25(2,15-31)30(3)24(33)34-21-10-8-20(27)9-11-21/h4-13,22H,14-15H2,1-3H3/t22-,25+/m1/s1. The predicted octanol–water partition coefficient (Wildman–Crippen LogP) is 4.71. The van der Waals surface area contributed by atoms with E-state index in [2.05, 4.69) is 10.2 Å². The van der Waals surface area contributed by atoms with Gasteiger partial charge in [0.2, 0.25) is 0 Å². The molecule has 2 amide bonds. The Hall–Kier alpha value is -3.52. The Bertz CT molecular complexity index is 1210. The highest BCUT2D eigenvalue weighted by Gasteiger charge is 2.50. The highest BCUT2D eigenvalue weighted by molar-refractivity contribution is 6.30. The quantitative estimate of drug-likeness (QED) is 0.538. The number of aryl methyl sites for hydroxylation is 1. The third-order valence-electron chi connectivity index (χ3n) is 6.31. The second kappa shape index (κ2) is 9.38. The third-order valence-corrected chi connectivity index (χ3v) is 6.56. The number of hydrogen-bond donors (Lipinski definition) is 0. The summed E-state index contributed by atoms with van der Waals surface area (Å²) >= 11 is 6.09. The molecular formula is C25H24ClFN4O3. The van der Waals surface area contributed by atoms with Gasteiger partial charge in [0.15, 0.2) is 0 Å². The number of carbonyl (C=O) groups excluding carboxylic acids is 2. The molecule has 1 fully saturated rings. The lowest BCUT2D eigenvalue weighted by Gasteiger charge is -2.39. The molecule has 176 valence electrons. The lowest BCUT2D eigenvalue weighted by molar-refractivity contribution is 0.0736. The summed E-state index contributed by atoms with van der Waals surface area (Å²) in [6, 6.07) is 14.3. The Morgan fingerprint density at radius 3 is 2.50 bits per heavy atom. The van der Waals surface area contributed by atoms with Crippen LogP contribution in [-0.4, -0.2) is 57.7 Å². The first-order valence-electron chi connectivity index (χ1n) is 10.7. The van der Waals surface area contributed by atoms with Gasteiger partial charge in [-0.25, -0.2) is 9.18 Å². The van der Waals surface area contributed by atoms with Crippen LogP contribution in [0.2, 0.25) is 5.02 Å². The van der Waals surface area contributed by atoms with Crippen LogP contribution in [0.1, 0.15) is 34.5 Å². The molecule has 0 spiro atoms. The molecule has 2 heterocycles. The minimum absolute atomic E-state index is 0.194. The smallest absolute Gasteiger partial charge is 0.410 e. The first-order valence-corrected chi connectivity index (χ1v) is 11.1.